The molecule has 0 aliphatic heterocycles. The van der Waals surface area contributed by atoms with E-state index in [9.17, 15) is 4.79 Å². The van der Waals surface area contributed by atoms with Crippen molar-refractivity contribution in [2.24, 2.45) is 0 Å². The van der Waals surface area contributed by atoms with Crippen LogP contribution in [0.3, 0.4) is 0 Å². The SMILES string of the molecule is CC(C)(C)OC(=O)NCCOc1cccc(B(O)O)c1. The van der Waals surface area contributed by atoms with Crippen LogP contribution in [0, 0.1) is 0 Å². The van der Waals surface area contributed by atoms with Crippen molar-refractivity contribution in [2.45, 2.75) is 26.4 Å². The standard InChI is InChI=1S/C13H20BNO5/c1-13(2,3)20-12(16)15-7-8-19-11-6-4-5-10(9-11)14(17)18/h4-6,9,17-18H,7-8H2,1-3H3,(H,15,16). The van der Waals surface area contributed by atoms with E-state index in [2.05, 4.69) is 5.32 Å². The van der Waals surface area contributed by atoms with Gasteiger partial charge in [-0.2, -0.15) is 0 Å². The number of carbonyl (C=O) groups is 1. The lowest BCUT2D eigenvalue weighted by Gasteiger charge is -2.19. The third-order valence-corrected chi connectivity index (χ3v) is 2.20. The number of benzene rings is 1. The number of ether oxygens (including phenoxy) is 2. The van der Waals surface area contributed by atoms with Crippen LogP contribution in [0.2, 0.25) is 0 Å². The average Bonchev–Trinajstić information content (AvgIpc) is 2.33. The zero-order valence-corrected chi connectivity index (χ0v) is 11.9. The molecule has 0 unspecified atom stereocenters. The Morgan fingerprint density at radius 3 is 2.65 bits per heavy atom. The maximum atomic E-state index is 11.4. The lowest BCUT2D eigenvalue weighted by molar-refractivity contribution is 0.0520. The highest BCUT2D eigenvalue weighted by Crippen LogP contribution is 2.08. The van der Waals surface area contributed by atoms with E-state index >= 15 is 0 Å². The molecule has 0 aliphatic rings. The largest absolute Gasteiger partial charge is 0.492 e. The molecule has 1 amide bonds. The van der Waals surface area contributed by atoms with Gasteiger partial charge >= 0.3 is 13.2 Å². The van der Waals surface area contributed by atoms with Crippen LogP contribution in [0.15, 0.2) is 24.3 Å². The van der Waals surface area contributed by atoms with Gasteiger partial charge in [-0.1, -0.05) is 12.1 Å². The summed E-state index contributed by atoms with van der Waals surface area (Å²) >= 11 is 0. The first-order chi connectivity index (χ1) is 9.28. The molecule has 110 valence electrons. The van der Waals surface area contributed by atoms with E-state index in [0.29, 0.717) is 17.8 Å². The highest BCUT2D eigenvalue weighted by Gasteiger charge is 2.15. The number of rotatable bonds is 5. The summed E-state index contributed by atoms with van der Waals surface area (Å²) in [4.78, 5) is 11.4. The van der Waals surface area contributed by atoms with Crippen molar-refractivity contribution in [2.75, 3.05) is 13.2 Å². The zero-order chi connectivity index (χ0) is 15.2. The summed E-state index contributed by atoms with van der Waals surface area (Å²) in [6.45, 7) is 5.91. The van der Waals surface area contributed by atoms with Gasteiger partial charge in [0.05, 0.1) is 6.54 Å². The molecule has 0 saturated carbocycles. The molecule has 0 fully saturated rings. The third kappa shape index (κ3) is 6.44. The van der Waals surface area contributed by atoms with E-state index in [4.69, 9.17) is 19.5 Å². The minimum absolute atomic E-state index is 0.254. The first-order valence-electron chi connectivity index (χ1n) is 6.34. The normalized spacial score (nSPS) is 10.8. The molecule has 3 N–H and O–H groups in total. The molecule has 0 atom stereocenters. The predicted molar refractivity (Wildman–Crippen MR) is 76.0 cm³/mol. The number of amides is 1. The topological polar surface area (TPSA) is 88.0 Å². The van der Waals surface area contributed by atoms with Crippen molar-refractivity contribution < 1.29 is 24.3 Å². The summed E-state index contributed by atoms with van der Waals surface area (Å²) in [5.41, 5.74) is -0.182. The summed E-state index contributed by atoms with van der Waals surface area (Å²) in [6, 6.07) is 6.46. The highest BCUT2D eigenvalue weighted by molar-refractivity contribution is 6.58. The van der Waals surface area contributed by atoms with Gasteiger partial charge < -0.3 is 24.8 Å². The van der Waals surface area contributed by atoms with Crippen molar-refractivity contribution in [1.82, 2.24) is 5.32 Å². The molecule has 0 aliphatic carbocycles. The second-order valence-corrected chi connectivity index (χ2v) is 5.22. The van der Waals surface area contributed by atoms with Crippen molar-refractivity contribution >= 4 is 18.7 Å². The molecule has 1 rings (SSSR count). The van der Waals surface area contributed by atoms with Crippen molar-refractivity contribution in [1.29, 1.82) is 0 Å². The predicted octanol–water partition coefficient (Wildman–Crippen LogP) is 0.270. The van der Waals surface area contributed by atoms with Crippen LogP contribution in [0.1, 0.15) is 20.8 Å². The van der Waals surface area contributed by atoms with Gasteiger partial charge in [0.15, 0.2) is 0 Å². The Hall–Kier alpha value is -1.73. The molecular formula is C13H20BNO5. The van der Waals surface area contributed by atoms with E-state index in [1.807, 2.05) is 0 Å². The van der Waals surface area contributed by atoms with Crippen LogP contribution in [0.25, 0.3) is 0 Å². The van der Waals surface area contributed by atoms with E-state index in [0.717, 1.165) is 0 Å². The van der Waals surface area contributed by atoms with Gasteiger partial charge in [-0.25, -0.2) is 4.79 Å². The molecule has 0 spiro atoms. The average molecular weight is 281 g/mol. The fraction of sp³-hybridized carbons (Fsp3) is 0.462. The number of hydrogen-bond acceptors (Lipinski definition) is 5. The molecule has 0 heterocycles. The summed E-state index contributed by atoms with van der Waals surface area (Å²) < 4.78 is 10.5. The smallest absolute Gasteiger partial charge is 0.488 e. The lowest BCUT2D eigenvalue weighted by Crippen LogP contribution is -2.34. The summed E-state index contributed by atoms with van der Waals surface area (Å²) in [5, 5.41) is 20.6. The molecule has 0 bridgehead atoms. The fourth-order valence-electron chi connectivity index (χ4n) is 1.40. The minimum Gasteiger partial charge on any atom is -0.492 e. The number of carbonyl (C=O) groups excluding carboxylic acids is 1. The van der Waals surface area contributed by atoms with E-state index < -0.39 is 18.8 Å². The van der Waals surface area contributed by atoms with Gasteiger partial charge in [0.1, 0.15) is 18.0 Å². The van der Waals surface area contributed by atoms with Gasteiger partial charge in [0.2, 0.25) is 0 Å². The van der Waals surface area contributed by atoms with Crippen LogP contribution in [0.4, 0.5) is 4.79 Å². The van der Waals surface area contributed by atoms with Gasteiger partial charge in [-0.05, 0) is 38.4 Å². The van der Waals surface area contributed by atoms with Gasteiger partial charge in [-0.15, -0.1) is 0 Å². The Bertz CT molecular complexity index is 445. The summed E-state index contributed by atoms with van der Waals surface area (Å²) in [6.07, 6.45) is -0.499. The Kier molecular flexibility index (Phi) is 5.85. The third-order valence-electron chi connectivity index (χ3n) is 2.20. The molecule has 1 aromatic rings. The Morgan fingerprint density at radius 1 is 1.35 bits per heavy atom. The van der Waals surface area contributed by atoms with Crippen LogP contribution in [-0.2, 0) is 4.74 Å². The van der Waals surface area contributed by atoms with E-state index in [1.165, 1.54) is 6.07 Å². The van der Waals surface area contributed by atoms with E-state index in [-0.39, 0.29) is 6.61 Å². The maximum absolute atomic E-state index is 11.4. The van der Waals surface area contributed by atoms with Crippen LogP contribution >= 0.6 is 0 Å². The molecule has 0 aromatic heterocycles. The second kappa shape index (κ2) is 7.16. The first kappa shape index (κ1) is 16.3. The van der Waals surface area contributed by atoms with E-state index in [1.54, 1.807) is 39.0 Å². The number of alkyl carbamates (subject to hydrolysis) is 1. The Balaban J connectivity index is 2.31. The Morgan fingerprint density at radius 2 is 2.05 bits per heavy atom. The van der Waals surface area contributed by atoms with Crippen LogP contribution in [-0.4, -0.2) is 42.0 Å². The van der Waals surface area contributed by atoms with Crippen LogP contribution < -0.4 is 15.5 Å². The highest BCUT2D eigenvalue weighted by atomic mass is 16.6. The van der Waals surface area contributed by atoms with Crippen molar-refractivity contribution in [3.05, 3.63) is 24.3 Å². The van der Waals surface area contributed by atoms with Gasteiger partial charge in [-0.3, -0.25) is 0 Å². The summed E-state index contributed by atoms with van der Waals surface area (Å²) in [5.74, 6) is 0.501. The van der Waals surface area contributed by atoms with Gasteiger partial charge in [0.25, 0.3) is 0 Å². The second-order valence-electron chi connectivity index (χ2n) is 5.22. The molecule has 6 nitrogen and oxygen atoms in total. The van der Waals surface area contributed by atoms with Crippen molar-refractivity contribution in [3.8, 4) is 5.75 Å². The Labute approximate surface area is 118 Å². The fourth-order valence-corrected chi connectivity index (χ4v) is 1.40. The molecule has 0 radical (unpaired) electrons. The first-order valence-corrected chi connectivity index (χ1v) is 6.34. The molecule has 7 heteroatoms. The number of nitrogens with one attached hydrogen (secondary N) is 1. The van der Waals surface area contributed by atoms with Crippen LogP contribution in [0.5, 0.6) is 5.75 Å². The molecular weight excluding hydrogens is 261 g/mol. The maximum Gasteiger partial charge on any atom is 0.488 e. The molecule has 1 aromatic carbocycles. The van der Waals surface area contributed by atoms with Crippen molar-refractivity contribution in [3.63, 3.8) is 0 Å². The monoisotopic (exact) mass is 281 g/mol. The molecule has 20 heavy (non-hydrogen) atoms. The minimum atomic E-state index is -1.53. The number of hydrogen-bond donors (Lipinski definition) is 3. The molecule has 0 saturated heterocycles. The lowest BCUT2D eigenvalue weighted by atomic mass is 9.80. The summed E-state index contributed by atoms with van der Waals surface area (Å²) in [7, 11) is -1.53. The van der Waals surface area contributed by atoms with Gasteiger partial charge in [0, 0.05) is 0 Å². The quantitative estimate of drug-likeness (QED) is 0.532. The zero-order valence-electron chi connectivity index (χ0n) is 11.9.